The van der Waals surface area contributed by atoms with Gasteiger partial charge >= 0.3 is 0 Å². The third kappa shape index (κ3) is 3.03. The molecule has 0 saturated carbocycles. The summed E-state index contributed by atoms with van der Waals surface area (Å²) in [5.41, 5.74) is 1.27. The number of rotatable bonds is 5. The van der Waals surface area contributed by atoms with Crippen LogP contribution in [0.3, 0.4) is 0 Å². The summed E-state index contributed by atoms with van der Waals surface area (Å²) in [6.07, 6.45) is 2.24. The van der Waals surface area contributed by atoms with Crippen LogP contribution in [0.2, 0.25) is 0 Å². The lowest BCUT2D eigenvalue weighted by Crippen LogP contribution is -2.32. The highest BCUT2D eigenvalue weighted by molar-refractivity contribution is 5.36. The lowest BCUT2D eigenvalue weighted by molar-refractivity contribution is 0.0535. The van der Waals surface area contributed by atoms with E-state index in [4.69, 9.17) is 9.47 Å². The van der Waals surface area contributed by atoms with Crippen molar-refractivity contribution in [2.24, 2.45) is 5.92 Å². The minimum atomic E-state index is 0.370. The van der Waals surface area contributed by atoms with Gasteiger partial charge in [-0.1, -0.05) is 25.1 Å². The van der Waals surface area contributed by atoms with Gasteiger partial charge < -0.3 is 14.8 Å². The molecule has 18 heavy (non-hydrogen) atoms. The summed E-state index contributed by atoms with van der Waals surface area (Å²) in [5, 5.41) is 3.61. The summed E-state index contributed by atoms with van der Waals surface area (Å²) >= 11 is 0. The fraction of sp³-hybridized carbons (Fsp3) is 0.600. The van der Waals surface area contributed by atoms with Gasteiger partial charge in [0.05, 0.1) is 7.11 Å². The van der Waals surface area contributed by atoms with E-state index in [-0.39, 0.29) is 0 Å². The average molecular weight is 249 g/mol. The van der Waals surface area contributed by atoms with E-state index in [9.17, 15) is 0 Å². The molecular weight excluding hydrogens is 226 g/mol. The summed E-state index contributed by atoms with van der Waals surface area (Å²) in [6.45, 7) is 4.88. The topological polar surface area (TPSA) is 30.5 Å². The van der Waals surface area contributed by atoms with Crippen molar-refractivity contribution in [1.82, 2.24) is 5.32 Å². The monoisotopic (exact) mass is 249 g/mol. The maximum atomic E-state index is 5.49. The molecule has 1 aromatic carbocycles. The van der Waals surface area contributed by atoms with Gasteiger partial charge in [0.15, 0.2) is 0 Å². The van der Waals surface area contributed by atoms with E-state index in [1.807, 2.05) is 12.1 Å². The second-order valence-electron chi connectivity index (χ2n) is 4.73. The first-order valence-electron chi connectivity index (χ1n) is 6.80. The first-order valence-corrected chi connectivity index (χ1v) is 6.80. The lowest BCUT2D eigenvalue weighted by Gasteiger charge is -2.32. The fourth-order valence-corrected chi connectivity index (χ4v) is 2.72. The van der Waals surface area contributed by atoms with Crippen molar-refractivity contribution in [1.29, 1.82) is 0 Å². The van der Waals surface area contributed by atoms with Gasteiger partial charge in [0.2, 0.25) is 0 Å². The van der Waals surface area contributed by atoms with Gasteiger partial charge in [0.25, 0.3) is 0 Å². The van der Waals surface area contributed by atoms with Crippen LogP contribution in [-0.4, -0.2) is 26.9 Å². The van der Waals surface area contributed by atoms with Crippen molar-refractivity contribution in [3.8, 4) is 5.75 Å². The molecule has 0 bridgehead atoms. The van der Waals surface area contributed by atoms with Crippen molar-refractivity contribution in [2.45, 2.75) is 25.8 Å². The van der Waals surface area contributed by atoms with Gasteiger partial charge in [-0.25, -0.2) is 0 Å². The van der Waals surface area contributed by atoms with Gasteiger partial charge in [0.1, 0.15) is 5.75 Å². The Labute approximate surface area is 109 Å². The number of para-hydroxylation sites is 1. The second-order valence-corrected chi connectivity index (χ2v) is 4.73. The minimum Gasteiger partial charge on any atom is -0.496 e. The summed E-state index contributed by atoms with van der Waals surface area (Å²) in [5.74, 6) is 1.62. The van der Waals surface area contributed by atoms with E-state index < -0.39 is 0 Å². The lowest BCUT2D eigenvalue weighted by atomic mass is 9.86. The molecule has 0 radical (unpaired) electrons. The maximum Gasteiger partial charge on any atom is 0.123 e. The number of hydrogen-bond donors (Lipinski definition) is 1. The predicted molar refractivity (Wildman–Crippen MR) is 73.0 cm³/mol. The van der Waals surface area contributed by atoms with Crippen LogP contribution in [0.15, 0.2) is 24.3 Å². The number of hydrogen-bond acceptors (Lipinski definition) is 3. The second kappa shape index (κ2) is 6.76. The molecule has 100 valence electrons. The van der Waals surface area contributed by atoms with Crippen LogP contribution in [0.5, 0.6) is 5.75 Å². The van der Waals surface area contributed by atoms with Crippen molar-refractivity contribution in [2.75, 3.05) is 26.9 Å². The van der Waals surface area contributed by atoms with Gasteiger partial charge in [-0.15, -0.1) is 0 Å². The standard InChI is InChI=1S/C15H23NO2/c1-3-16-15(12-8-10-18-11-9-12)13-6-4-5-7-14(13)17-2/h4-7,12,15-16H,3,8-11H2,1-2H3. The molecule has 0 amide bonds. The molecule has 3 nitrogen and oxygen atoms in total. The van der Waals surface area contributed by atoms with Crippen LogP contribution in [0.1, 0.15) is 31.4 Å². The Morgan fingerprint density at radius 3 is 2.72 bits per heavy atom. The Morgan fingerprint density at radius 1 is 1.33 bits per heavy atom. The van der Waals surface area contributed by atoms with Gasteiger partial charge in [0, 0.05) is 24.8 Å². The SMILES string of the molecule is CCNC(c1ccccc1OC)C1CCOCC1. The minimum absolute atomic E-state index is 0.370. The zero-order valence-corrected chi connectivity index (χ0v) is 11.3. The Kier molecular flexibility index (Phi) is 5.02. The first-order chi connectivity index (χ1) is 8.86. The molecule has 1 aromatic rings. The fourth-order valence-electron chi connectivity index (χ4n) is 2.72. The third-order valence-electron chi connectivity index (χ3n) is 3.64. The summed E-state index contributed by atoms with van der Waals surface area (Å²) in [6, 6.07) is 8.69. The third-order valence-corrected chi connectivity index (χ3v) is 3.64. The predicted octanol–water partition coefficient (Wildman–Crippen LogP) is 2.77. The number of ether oxygens (including phenoxy) is 2. The van der Waals surface area contributed by atoms with E-state index in [1.54, 1.807) is 7.11 Å². The van der Waals surface area contributed by atoms with E-state index in [2.05, 4.69) is 24.4 Å². The Morgan fingerprint density at radius 2 is 2.06 bits per heavy atom. The van der Waals surface area contributed by atoms with Crippen LogP contribution in [0.25, 0.3) is 0 Å². The van der Waals surface area contributed by atoms with Gasteiger partial charge in [-0.3, -0.25) is 0 Å². The van der Waals surface area contributed by atoms with Gasteiger partial charge in [-0.05, 0) is 31.4 Å². The van der Waals surface area contributed by atoms with Crippen LogP contribution >= 0.6 is 0 Å². The Hall–Kier alpha value is -1.06. The summed E-state index contributed by atoms with van der Waals surface area (Å²) < 4.78 is 11.0. The van der Waals surface area contributed by atoms with Crippen LogP contribution < -0.4 is 10.1 Å². The molecule has 0 spiro atoms. The normalized spacial score (nSPS) is 18.6. The Bertz CT molecular complexity index is 361. The molecule has 1 heterocycles. The van der Waals surface area contributed by atoms with Gasteiger partial charge in [-0.2, -0.15) is 0 Å². The number of methoxy groups -OCH3 is 1. The average Bonchev–Trinajstić information content (AvgIpc) is 2.46. The molecule has 1 aliphatic heterocycles. The number of nitrogens with one attached hydrogen (secondary N) is 1. The quantitative estimate of drug-likeness (QED) is 0.870. The molecule has 1 aliphatic rings. The van der Waals surface area contributed by atoms with Crippen molar-refractivity contribution < 1.29 is 9.47 Å². The molecule has 0 aliphatic carbocycles. The molecule has 1 fully saturated rings. The largest absolute Gasteiger partial charge is 0.496 e. The van der Waals surface area contributed by atoms with Crippen LogP contribution in [-0.2, 0) is 4.74 Å². The van der Waals surface area contributed by atoms with Crippen molar-refractivity contribution in [3.05, 3.63) is 29.8 Å². The molecule has 0 aromatic heterocycles. The molecule has 1 atom stereocenters. The highest BCUT2D eigenvalue weighted by atomic mass is 16.5. The zero-order chi connectivity index (χ0) is 12.8. The van der Waals surface area contributed by atoms with E-state index in [0.29, 0.717) is 12.0 Å². The van der Waals surface area contributed by atoms with Crippen molar-refractivity contribution >= 4 is 0 Å². The molecule has 3 heteroatoms. The summed E-state index contributed by atoms with van der Waals surface area (Å²) in [7, 11) is 1.74. The van der Waals surface area contributed by atoms with Crippen molar-refractivity contribution in [3.63, 3.8) is 0 Å². The van der Waals surface area contributed by atoms with E-state index in [0.717, 1.165) is 38.3 Å². The molecule has 1 unspecified atom stereocenters. The smallest absolute Gasteiger partial charge is 0.123 e. The highest BCUT2D eigenvalue weighted by Crippen LogP contribution is 2.34. The first kappa shape index (κ1) is 13.4. The zero-order valence-electron chi connectivity index (χ0n) is 11.3. The van der Waals surface area contributed by atoms with Crippen LogP contribution in [0.4, 0.5) is 0 Å². The maximum absolute atomic E-state index is 5.49. The number of benzene rings is 1. The van der Waals surface area contributed by atoms with Crippen LogP contribution in [0, 0.1) is 5.92 Å². The molecule has 1 N–H and O–H groups in total. The van der Waals surface area contributed by atoms with E-state index >= 15 is 0 Å². The molecule has 2 rings (SSSR count). The summed E-state index contributed by atoms with van der Waals surface area (Å²) in [4.78, 5) is 0. The Balaban J connectivity index is 2.22. The molecule has 1 saturated heterocycles. The highest BCUT2D eigenvalue weighted by Gasteiger charge is 2.26. The molecular formula is C15H23NO2. The van der Waals surface area contributed by atoms with E-state index in [1.165, 1.54) is 5.56 Å².